The number of aromatic amines is 1. The molecule has 1 aromatic carbocycles. The van der Waals surface area contributed by atoms with Crippen molar-refractivity contribution < 1.29 is 14.3 Å². The van der Waals surface area contributed by atoms with Gasteiger partial charge in [0.15, 0.2) is 5.69 Å². The molecular formula is C27H32N4O3. The van der Waals surface area contributed by atoms with Crippen LogP contribution >= 0.6 is 0 Å². The molecule has 0 spiro atoms. The van der Waals surface area contributed by atoms with Gasteiger partial charge in [-0.05, 0) is 68.4 Å². The number of fused-ring (bicyclic) bond motifs is 1. The zero-order valence-corrected chi connectivity index (χ0v) is 19.5. The fraction of sp³-hybridized carbons (Fsp3) is 0.444. The van der Waals surface area contributed by atoms with Gasteiger partial charge < -0.3 is 14.4 Å². The van der Waals surface area contributed by atoms with Gasteiger partial charge in [-0.25, -0.2) is 0 Å². The van der Waals surface area contributed by atoms with Crippen LogP contribution in [0.15, 0.2) is 48.7 Å². The van der Waals surface area contributed by atoms with Gasteiger partial charge in [0.1, 0.15) is 5.75 Å². The Balaban J connectivity index is 1.24. The minimum atomic E-state index is -0.00872. The summed E-state index contributed by atoms with van der Waals surface area (Å²) in [7, 11) is 0. The topological polar surface area (TPSA) is 80.3 Å². The monoisotopic (exact) mass is 460 g/mol. The number of benzene rings is 1. The van der Waals surface area contributed by atoms with Crippen molar-refractivity contribution >= 4 is 5.91 Å². The molecular weight excluding hydrogens is 428 g/mol. The summed E-state index contributed by atoms with van der Waals surface area (Å²) in [6.45, 7) is 2.45. The quantitative estimate of drug-likeness (QED) is 0.519. The fourth-order valence-corrected chi connectivity index (χ4v) is 4.79. The Morgan fingerprint density at radius 3 is 2.79 bits per heavy atom. The van der Waals surface area contributed by atoms with Gasteiger partial charge in [-0.1, -0.05) is 18.2 Å². The molecule has 1 aliphatic carbocycles. The molecule has 1 atom stereocenters. The number of nitrogens with zero attached hydrogens (tertiary/aromatic N) is 3. The lowest BCUT2D eigenvalue weighted by atomic mass is 9.95. The fourth-order valence-electron chi connectivity index (χ4n) is 4.79. The maximum Gasteiger partial charge on any atom is 0.275 e. The number of ether oxygens (including phenoxy) is 2. The summed E-state index contributed by atoms with van der Waals surface area (Å²) in [5, 5.41) is 7.53. The van der Waals surface area contributed by atoms with Gasteiger partial charge in [0.2, 0.25) is 0 Å². The van der Waals surface area contributed by atoms with Crippen LogP contribution in [0, 0.1) is 0 Å². The molecule has 0 unspecified atom stereocenters. The molecule has 0 radical (unpaired) electrons. The van der Waals surface area contributed by atoms with E-state index < -0.39 is 0 Å². The first-order valence-corrected chi connectivity index (χ1v) is 12.3. The summed E-state index contributed by atoms with van der Waals surface area (Å²) in [5.74, 6) is 0.809. The Morgan fingerprint density at radius 2 is 2.00 bits per heavy atom. The first-order valence-electron chi connectivity index (χ1n) is 12.3. The number of carbonyl (C=O) groups is 1. The van der Waals surface area contributed by atoms with E-state index >= 15 is 0 Å². The van der Waals surface area contributed by atoms with E-state index in [-0.39, 0.29) is 12.0 Å². The number of rotatable bonds is 9. The highest BCUT2D eigenvalue weighted by atomic mass is 16.5. The zero-order valence-electron chi connectivity index (χ0n) is 19.5. The van der Waals surface area contributed by atoms with Crippen LogP contribution in [0.1, 0.15) is 58.7 Å². The van der Waals surface area contributed by atoms with Crippen molar-refractivity contribution in [2.24, 2.45) is 0 Å². The Labute approximate surface area is 200 Å². The molecule has 5 rings (SSSR count). The third-order valence-electron chi connectivity index (χ3n) is 6.64. The van der Waals surface area contributed by atoms with Crippen LogP contribution in [0.2, 0.25) is 0 Å². The highest BCUT2D eigenvalue weighted by Crippen LogP contribution is 2.25. The molecule has 2 aliphatic rings. The maximum absolute atomic E-state index is 13.6. The Kier molecular flexibility index (Phi) is 7.19. The molecule has 1 saturated heterocycles. The van der Waals surface area contributed by atoms with Crippen LogP contribution < -0.4 is 4.74 Å². The molecule has 3 aromatic rings. The molecule has 1 amide bonds. The molecule has 3 heterocycles. The van der Waals surface area contributed by atoms with Crippen LogP contribution in [0.4, 0.5) is 0 Å². The maximum atomic E-state index is 13.6. The largest absolute Gasteiger partial charge is 0.493 e. The summed E-state index contributed by atoms with van der Waals surface area (Å²) in [6, 6.07) is 13.9. The molecule has 0 saturated carbocycles. The van der Waals surface area contributed by atoms with Crippen molar-refractivity contribution in [2.75, 3.05) is 19.8 Å². The van der Waals surface area contributed by atoms with E-state index in [1.165, 1.54) is 0 Å². The molecule has 2 aromatic heterocycles. The second-order valence-corrected chi connectivity index (χ2v) is 9.12. The summed E-state index contributed by atoms with van der Waals surface area (Å²) < 4.78 is 11.7. The van der Waals surface area contributed by atoms with Gasteiger partial charge in [0.05, 0.1) is 12.7 Å². The van der Waals surface area contributed by atoms with Gasteiger partial charge in [-0.3, -0.25) is 14.9 Å². The number of aromatic nitrogens is 3. The lowest BCUT2D eigenvalue weighted by Crippen LogP contribution is -2.37. The average molecular weight is 461 g/mol. The first-order chi connectivity index (χ1) is 16.8. The number of carbonyl (C=O) groups excluding carboxylic acids is 1. The lowest BCUT2D eigenvalue weighted by Gasteiger charge is -2.26. The Hall–Kier alpha value is -3.19. The summed E-state index contributed by atoms with van der Waals surface area (Å²) in [5.41, 5.74) is 4.89. The third-order valence-corrected chi connectivity index (χ3v) is 6.64. The number of H-pyrrole nitrogens is 1. The number of hydrogen-bond acceptors (Lipinski definition) is 5. The van der Waals surface area contributed by atoms with Gasteiger partial charge >= 0.3 is 0 Å². The van der Waals surface area contributed by atoms with Crippen molar-refractivity contribution in [2.45, 2.75) is 57.6 Å². The number of pyridine rings is 1. The van der Waals surface area contributed by atoms with E-state index in [0.717, 1.165) is 79.8 Å². The van der Waals surface area contributed by atoms with Crippen LogP contribution in [-0.2, 0) is 30.5 Å². The van der Waals surface area contributed by atoms with E-state index in [2.05, 4.69) is 15.2 Å². The number of nitrogens with one attached hydrogen (secondary N) is 1. The van der Waals surface area contributed by atoms with Crippen LogP contribution in [-0.4, -0.2) is 51.9 Å². The Morgan fingerprint density at radius 1 is 1.12 bits per heavy atom. The van der Waals surface area contributed by atoms with Crippen molar-refractivity contribution in [3.05, 3.63) is 76.9 Å². The molecule has 1 N–H and O–H groups in total. The number of amides is 1. The van der Waals surface area contributed by atoms with E-state index in [9.17, 15) is 4.79 Å². The molecule has 34 heavy (non-hydrogen) atoms. The highest BCUT2D eigenvalue weighted by Gasteiger charge is 2.28. The molecule has 1 aliphatic heterocycles. The van der Waals surface area contributed by atoms with Crippen molar-refractivity contribution in [3.8, 4) is 5.75 Å². The molecule has 7 heteroatoms. The number of hydrogen-bond donors (Lipinski definition) is 1. The molecule has 1 fully saturated rings. The lowest BCUT2D eigenvalue weighted by molar-refractivity contribution is 0.0502. The summed E-state index contributed by atoms with van der Waals surface area (Å²) in [4.78, 5) is 19.8. The van der Waals surface area contributed by atoms with E-state index in [1.54, 1.807) is 6.20 Å². The van der Waals surface area contributed by atoms with E-state index in [4.69, 9.17) is 9.47 Å². The normalized spacial score (nSPS) is 17.4. The van der Waals surface area contributed by atoms with E-state index in [1.807, 2.05) is 47.4 Å². The van der Waals surface area contributed by atoms with Crippen LogP contribution in [0.5, 0.6) is 5.75 Å². The molecule has 0 bridgehead atoms. The van der Waals surface area contributed by atoms with Gasteiger partial charge in [0.25, 0.3) is 5.91 Å². The minimum absolute atomic E-state index is 0.00872. The third kappa shape index (κ3) is 5.47. The van der Waals surface area contributed by atoms with Crippen molar-refractivity contribution in [1.82, 2.24) is 20.1 Å². The van der Waals surface area contributed by atoms with Gasteiger partial charge in [-0.15, -0.1) is 0 Å². The van der Waals surface area contributed by atoms with Crippen molar-refractivity contribution in [3.63, 3.8) is 0 Å². The van der Waals surface area contributed by atoms with E-state index in [0.29, 0.717) is 25.4 Å². The SMILES string of the molecule is O=C(c1n[nH]c2c1CCCC2)N(Cc1ccc(OCCc2ccccn2)cc1)C[C@H]1CCCO1. The summed E-state index contributed by atoms with van der Waals surface area (Å²) >= 11 is 0. The summed E-state index contributed by atoms with van der Waals surface area (Å²) in [6.07, 6.45) is 8.86. The average Bonchev–Trinajstić information content (AvgIpc) is 3.55. The number of aryl methyl sites for hydroxylation is 1. The highest BCUT2D eigenvalue weighted by molar-refractivity contribution is 5.94. The molecule has 178 valence electrons. The standard InChI is InChI=1S/C27H32N4O3/c32-27(26-24-8-1-2-9-25(24)29-30-26)31(19-23-7-5-16-33-23)18-20-10-12-22(13-11-20)34-17-14-21-6-3-4-15-28-21/h3-4,6,10-13,15,23H,1-2,5,7-9,14,16-19H2,(H,29,30)/t23-/m1/s1. The van der Waals surface area contributed by atoms with Gasteiger partial charge in [0, 0.05) is 49.3 Å². The van der Waals surface area contributed by atoms with Crippen LogP contribution in [0.25, 0.3) is 0 Å². The second-order valence-electron chi connectivity index (χ2n) is 9.12. The predicted octanol–water partition coefficient (Wildman–Crippen LogP) is 4.13. The Bertz CT molecular complexity index is 1080. The predicted molar refractivity (Wildman–Crippen MR) is 129 cm³/mol. The van der Waals surface area contributed by atoms with Gasteiger partial charge in [-0.2, -0.15) is 5.10 Å². The second kappa shape index (κ2) is 10.8. The smallest absolute Gasteiger partial charge is 0.275 e. The minimum Gasteiger partial charge on any atom is -0.493 e. The van der Waals surface area contributed by atoms with Crippen LogP contribution in [0.3, 0.4) is 0 Å². The van der Waals surface area contributed by atoms with Crippen molar-refractivity contribution in [1.29, 1.82) is 0 Å². The first kappa shape index (κ1) is 22.6. The zero-order chi connectivity index (χ0) is 23.2. The molecule has 7 nitrogen and oxygen atoms in total.